The Balaban J connectivity index is 1.36. The summed E-state index contributed by atoms with van der Waals surface area (Å²) in [4.78, 5) is 2.52. The largest absolute Gasteiger partial charge is 0.497 e. The van der Waals surface area contributed by atoms with Gasteiger partial charge in [-0.1, -0.05) is 42.5 Å². The highest BCUT2D eigenvalue weighted by Gasteiger charge is 2.19. The highest BCUT2D eigenvalue weighted by Crippen LogP contribution is 2.14. The zero-order valence-electron chi connectivity index (χ0n) is 15.3. The lowest BCUT2D eigenvalue weighted by Gasteiger charge is -2.33. The Morgan fingerprint density at radius 3 is 2.38 bits per heavy atom. The van der Waals surface area contributed by atoms with Gasteiger partial charge < -0.3 is 15.4 Å². The first-order chi connectivity index (χ1) is 12.7. The fourth-order valence-electron chi connectivity index (χ4n) is 3.24. The fraction of sp³-hybridized carbons (Fsp3) is 0.381. The molecule has 138 valence electrons. The van der Waals surface area contributed by atoms with Crippen LogP contribution in [-0.2, 0) is 13.1 Å². The van der Waals surface area contributed by atoms with Crippen LogP contribution in [0.25, 0.3) is 0 Å². The van der Waals surface area contributed by atoms with Gasteiger partial charge in [-0.05, 0) is 48.3 Å². The van der Waals surface area contributed by atoms with E-state index in [0.717, 1.165) is 49.9 Å². The Labute approximate surface area is 161 Å². The Hall–Kier alpha value is -2.11. The Morgan fingerprint density at radius 2 is 1.73 bits per heavy atom. The summed E-state index contributed by atoms with van der Waals surface area (Å²) in [6.07, 6.45) is 2.24. The molecule has 2 N–H and O–H groups in total. The first kappa shape index (κ1) is 18.7. The van der Waals surface area contributed by atoms with Crippen molar-refractivity contribution in [2.45, 2.75) is 32.0 Å². The molecule has 1 aliphatic rings. The SMILES string of the molecule is COc1ccc(CNC(=S)NC2CCN(Cc3ccccc3)CC2)cc1. The highest BCUT2D eigenvalue weighted by molar-refractivity contribution is 7.80. The predicted octanol–water partition coefficient (Wildman–Crippen LogP) is 3.32. The van der Waals surface area contributed by atoms with E-state index in [0.29, 0.717) is 6.04 Å². The van der Waals surface area contributed by atoms with Crippen LogP contribution in [-0.4, -0.2) is 36.3 Å². The molecule has 0 amide bonds. The van der Waals surface area contributed by atoms with Crippen molar-refractivity contribution in [3.05, 3.63) is 65.7 Å². The van der Waals surface area contributed by atoms with E-state index in [9.17, 15) is 0 Å². The van der Waals surface area contributed by atoms with Crippen molar-refractivity contribution in [1.82, 2.24) is 15.5 Å². The Morgan fingerprint density at radius 1 is 1.04 bits per heavy atom. The molecule has 0 unspecified atom stereocenters. The van der Waals surface area contributed by atoms with E-state index >= 15 is 0 Å². The van der Waals surface area contributed by atoms with Gasteiger partial charge in [0, 0.05) is 32.2 Å². The molecule has 1 heterocycles. The van der Waals surface area contributed by atoms with E-state index in [1.54, 1.807) is 7.11 Å². The second-order valence-electron chi connectivity index (χ2n) is 6.71. The van der Waals surface area contributed by atoms with Gasteiger partial charge in [-0.25, -0.2) is 0 Å². The maximum absolute atomic E-state index is 5.46. The summed E-state index contributed by atoms with van der Waals surface area (Å²) < 4.78 is 5.18. The first-order valence-electron chi connectivity index (χ1n) is 9.16. The Kier molecular flexibility index (Phi) is 6.86. The number of hydrogen-bond acceptors (Lipinski definition) is 3. The van der Waals surface area contributed by atoms with E-state index in [4.69, 9.17) is 17.0 Å². The van der Waals surface area contributed by atoms with Gasteiger partial charge in [-0.2, -0.15) is 0 Å². The summed E-state index contributed by atoms with van der Waals surface area (Å²) >= 11 is 5.46. The van der Waals surface area contributed by atoms with Gasteiger partial charge in [-0.15, -0.1) is 0 Å². The van der Waals surface area contributed by atoms with Crippen LogP contribution in [0.15, 0.2) is 54.6 Å². The molecule has 0 aromatic heterocycles. The normalized spacial score (nSPS) is 15.4. The van der Waals surface area contributed by atoms with Gasteiger partial charge in [0.05, 0.1) is 7.11 Å². The van der Waals surface area contributed by atoms with E-state index in [1.807, 2.05) is 12.1 Å². The van der Waals surface area contributed by atoms with E-state index < -0.39 is 0 Å². The lowest BCUT2D eigenvalue weighted by Crippen LogP contribution is -2.47. The minimum atomic E-state index is 0.456. The van der Waals surface area contributed by atoms with Gasteiger partial charge >= 0.3 is 0 Å². The molecule has 5 heteroatoms. The molecule has 3 rings (SSSR count). The molecule has 1 fully saturated rings. The van der Waals surface area contributed by atoms with Gasteiger partial charge in [0.2, 0.25) is 0 Å². The molecule has 0 aliphatic carbocycles. The van der Waals surface area contributed by atoms with Gasteiger partial charge in [0.15, 0.2) is 5.11 Å². The average molecular weight is 370 g/mol. The zero-order valence-corrected chi connectivity index (χ0v) is 16.1. The molecule has 0 spiro atoms. The van der Waals surface area contributed by atoms with E-state index in [2.05, 4.69) is 58.0 Å². The molecule has 1 saturated heterocycles. The highest BCUT2D eigenvalue weighted by atomic mass is 32.1. The summed E-state index contributed by atoms with van der Waals surface area (Å²) in [5.74, 6) is 0.872. The summed E-state index contributed by atoms with van der Waals surface area (Å²) in [5.41, 5.74) is 2.57. The van der Waals surface area contributed by atoms with E-state index in [-0.39, 0.29) is 0 Å². The van der Waals surface area contributed by atoms with Crippen LogP contribution < -0.4 is 15.4 Å². The first-order valence-corrected chi connectivity index (χ1v) is 9.57. The number of rotatable bonds is 6. The molecule has 2 aromatic carbocycles. The molecule has 0 atom stereocenters. The van der Waals surface area contributed by atoms with Crippen LogP contribution in [0.2, 0.25) is 0 Å². The van der Waals surface area contributed by atoms with Gasteiger partial charge in [0.25, 0.3) is 0 Å². The number of thiocarbonyl (C=S) groups is 1. The molecule has 26 heavy (non-hydrogen) atoms. The summed E-state index contributed by atoms with van der Waals surface area (Å²) in [5, 5.41) is 7.50. The second kappa shape index (κ2) is 9.55. The maximum Gasteiger partial charge on any atom is 0.166 e. The van der Waals surface area contributed by atoms with Gasteiger partial charge in [0.1, 0.15) is 5.75 Å². The van der Waals surface area contributed by atoms with Crippen molar-refractivity contribution < 1.29 is 4.74 Å². The van der Waals surface area contributed by atoms with Crippen molar-refractivity contribution in [3.8, 4) is 5.75 Å². The van der Waals surface area contributed by atoms with Crippen molar-refractivity contribution in [2.75, 3.05) is 20.2 Å². The number of benzene rings is 2. The maximum atomic E-state index is 5.46. The summed E-state index contributed by atoms with van der Waals surface area (Å²) in [7, 11) is 1.68. The zero-order chi connectivity index (χ0) is 18.2. The number of ether oxygens (including phenoxy) is 1. The average Bonchev–Trinajstić information content (AvgIpc) is 2.69. The van der Waals surface area contributed by atoms with Gasteiger partial charge in [-0.3, -0.25) is 4.90 Å². The number of nitrogens with zero attached hydrogens (tertiary/aromatic N) is 1. The number of piperidine rings is 1. The molecular weight excluding hydrogens is 342 g/mol. The third kappa shape index (κ3) is 5.71. The van der Waals surface area contributed by atoms with E-state index in [1.165, 1.54) is 11.1 Å². The third-order valence-corrected chi connectivity index (χ3v) is 5.05. The Bertz CT molecular complexity index is 682. The van der Waals surface area contributed by atoms with Crippen molar-refractivity contribution in [3.63, 3.8) is 0 Å². The summed E-state index contributed by atoms with van der Waals surface area (Å²) in [6, 6.07) is 19.2. The van der Waals surface area contributed by atoms with Crippen molar-refractivity contribution in [1.29, 1.82) is 0 Å². The fourth-order valence-corrected chi connectivity index (χ4v) is 3.48. The predicted molar refractivity (Wildman–Crippen MR) is 110 cm³/mol. The minimum absolute atomic E-state index is 0.456. The smallest absolute Gasteiger partial charge is 0.166 e. The molecule has 4 nitrogen and oxygen atoms in total. The van der Waals surface area contributed by atoms with Crippen LogP contribution in [0.5, 0.6) is 5.75 Å². The second-order valence-corrected chi connectivity index (χ2v) is 7.12. The molecule has 1 aliphatic heterocycles. The molecule has 0 bridgehead atoms. The van der Waals surface area contributed by atoms with Crippen LogP contribution in [0.4, 0.5) is 0 Å². The molecular formula is C21H27N3OS. The van der Waals surface area contributed by atoms with Crippen molar-refractivity contribution in [2.24, 2.45) is 0 Å². The number of nitrogens with one attached hydrogen (secondary N) is 2. The molecule has 0 saturated carbocycles. The number of hydrogen-bond donors (Lipinski definition) is 2. The number of likely N-dealkylation sites (tertiary alicyclic amines) is 1. The van der Waals surface area contributed by atoms with Crippen LogP contribution in [0.1, 0.15) is 24.0 Å². The minimum Gasteiger partial charge on any atom is -0.497 e. The topological polar surface area (TPSA) is 36.5 Å². The standard InChI is InChI=1S/C21H27N3OS/c1-25-20-9-7-17(8-10-20)15-22-21(26)23-19-11-13-24(14-12-19)16-18-5-3-2-4-6-18/h2-10,19H,11-16H2,1H3,(H2,22,23,26). The monoisotopic (exact) mass is 369 g/mol. The van der Waals surface area contributed by atoms with Crippen LogP contribution in [0.3, 0.4) is 0 Å². The quantitative estimate of drug-likeness (QED) is 0.764. The lowest BCUT2D eigenvalue weighted by molar-refractivity contribution is 0.199. The van der Waals surface area contributed by atoms with Crippen LogP contribution in [0, 0.1) is 0 Å². The molecule has 0 radical (unpaired) electrons. The summed E-state index contributed by atoms with van der Waals surface area (Å²) in [6.45, 7) is 3.97. The van der Waals surface area contributed by atoms with Crippen LogP contribution >= 0.6 is 12.2 Å². The molecule has 2 aromatic rings. The lowest BCUT2D eigenvalue weighted by atomic mass is 10.0. The third-order valence-electron chi connectivity index (χ3n) is 4.78. The van der Waals surface area contributed by atoms with Crippen molar-refractivity contribution >= 4 is 17.3 Å². The number of methoxy groups -OCH3 is 1.